The maximum Gasteiger partial charge on any atom is 0.224 e. The van der Waals surface area contributed by atoms with E-state index in [1.807, 2.05) is 18.9 Å². The maximum atomic E-state index is 5.57. The molecule has 6 nitrogen and oxygen atoms in total. The van der Waals surface area contributed by atoms with Gasteiger partial charge >= 0.3 is 0 Å². The second-order valence-corrected chi connectivity index (χ2v) is 3.02. The smallest absolute Gasteiger partial charge is 0.224 e. The van der Waals surface area contributed by atoms with E-state index in [0.29, 0.717) is 5.65 Å². The van der Waals surface area contributed by atoms with Crippen molar-refractivity contribution in [1.29, 1.82) is 0 Å². The molecule has 0 aliphatic rings. The van der Waals surface area contributed by atoms with Gasteiger partial charge in [-0.1, -0.05) is 0 Å². The van der Waals surface area contributed by atoms with Crippen LogP contribution in [0.25, 0.3) is 11.2 Å². The van der Waals surface area contributed by atoms with Gasteiger partial charge in [-0.15, -0.1) is 0 Å². The summed E-state index contributed by atoms with van der Waals surface area (Å²) in [6, 6.07) is 0. The molecule has 0 spiro atoms. The van der Waals surface area contributed by atoms with Gasteiger partial charge in [0.15, 0.2) is 11.5 Å². The molecule has 2 aromatic rings. The van der Waals surface area contributed by atoms with Crippen molar-refractivity contribution in [2.24, 2.45) is 0 Å². The van der Waals surface area contributed by atoms with E-state index in [1.165, 1.54) is 0 Å². The zero-order valence-electron chi connectivity index (χ0n) is 8.15. The Hall–Kier alpha value is -1.85. The van der Waals surface area contributed by atoms with Crippen LogP contribution in [0, 0.1) is 0 Å². The molecule has 3 N–H and O–H groups in total. The number of aromatic amines is 1. The Labute approximate surface area is 81.2 Å². The van der Waals surface area contributed by atoms with Crippen LogP contribution in [0.1, 0.15) is 6.92 Å². The molecule has 0 amide bonds. The van der Waals surface area contributed by atoms with Gasteiger partial charge in [0.05, 0.1) is 6.33 Å². The van der Waals surface area contributed by atoms with Crippen molar-refractivity contribution in [3.63, 3.8) is 0 Å². The summed E-state index contributed by atoms with van der Waals surface area (Å²) < 4.78 is 0. The number of anilines is 2. The highest BCUT2D eigenvalue weighted by atomic mass is 15.2. The summed E-state index contributed by atoms with van der Waals surface area (Å²) in [6.07, 6.45) is 1.59. The van der Waals surface area contributed by atoms with E-state index >= 15 is 0 Å². The Morgan fingerprint density at radius 1 is 1.50 bits per heavy atom. The SMILES string of the molecule is CCN(C)c1nc(N)nc2nc[nH]c12. The molecule has 0 aliphatic heterocycles. The molecule has 0 saturated carbocycles. The van der Waals surface area contributed by atoms with Crippen molar-refractivity contribution in [2.45, 2.75) is 6.92 Å². The lowest BCUT2D eigenvalue weighted by molar-refractivity contribution is 0.940. The first-order valence-corrected chi connectivity index (χ1v) is 4.40. The summed E-state index contributed by atoms with van der Waals surface area (Å²) in [5.41, 5.74) is 7.00. The third-order valence-corrected chi connectivity index (χ3v) is 2.12. The van der Waals surface area contributed by atoms with E-state index in [2.05, 4.69) is 19.9 Å². The van der Waals surface area contributed by atoms with Crippen LogP contribution in [0.3, 0.4) is 0 Å². The molecule has 0 radical (unpaired) electrons. The van der Waals surface area contributed by atoms with Gasteiger partial charge in [-0.2, -0.15) is 9.97 Å². The van der Waals surface area contributed by atoms with Gasteiger partial charge in [-0.3, -0.25) is 0 Å². The molecule has 2 aromatic heterocycles. The van der Waals surface area contributed by atoms with Crippen molar-refractivity contribution < 1.29 is 0 Å². The highest BCUT2D eigenvalue weighted by Gasteiger charge is 2.10. The average molecular weight is 192 g/mol. The Morgan fingerprint density at radius 3 is 3.00 bits per heavy atom. The van der Waals surface area contributed by atoms with Gasteiger partial charge in [0.1, 0.15) is 5.52 Å². The first-order chi connectivity index (χ1) is 6.72. The summed E-state index contributed by atoms with van der Waals surface area (Å²) >= 11 is 0. The Morgan fingerprint density at radius 2 is 2.29 bits per heavy atom. The predicted octanol–water partition coefficient (Wildman–Crippen LogP) is 0.391. The van der Waals surface area contributed by atoms with Crippen molar-refractivity contribution in [2.75, 3.05) is 24.2 Å². The summed E-state index contributed by atoms with van der Waals surface area (Å²) in [5, 5.41) is 0. The number of hydrogen-bond donors (Lipinski definition) is 2. The molecule has 14 heavy (non-hydrogen) atoms. The van der Waals surface area contributed by atoms with Gasteiger partial charge in [0.25, 0.3) is 0 Å². The monoisotopic (exact) mass is 192 g/mol. The molecule has 0 saturated heterocycles. The molecule has 0 aromatic carbocycles. The number of hydrogen-bond acceptors (Lipinski definition) is 5. The molecule has 6 heteroatoms. The summed E-state index contributed by atoms with van der Waals surface area (Å²) in [4.78, 5) is 17.2. The number of nitrogens with two attached hydrogens (primary N) is 1. The Bertz CT molecular complexity index is 448. The average Bonchev–Trinajstić information content (AvgIpc) is 2.62. The van der Waals surface area contributed by atoms with Crippen molar-refractivity contribution >= 4 is 22.9 Å². The molecule has 0 fully saturated rings. The van der Waals surface area contributed by atoms with Crippen molar-refractivity contribution in [1.82, 2.24) is 19.9 Å². The minimum atomic E-state index is 0.250. The summed E-state index contributed by atoms with van der Waals surface area (Å²) in [7, 11) is 1.95. The minimum absolute atomic E-state index is 0.250. The largest absolute Gasteiger partial charge is 0.368 e. The maximum absolute atomic E-state index is 5.57. The van der Waals surface area contributed by atoms with Crippen LogP contribution in [-0.2, 0) is 0 Å². The molecule has 0 atom stereocenters. The Kier molecular flexibility index (Phi) is 1.95. The minimum Gasteiger partial charge on any atom is -0.368 e. The second-order valence-electron chi connectivity index (χ2n) is 3.02. The number of nitrogen functional groups attached to an aromatic ring is 1. The number of fused-ring (bicyclic) bond motifs is 1. The molecule has 0 bridgehead atoms. The van der Waals surface area contributed by atoms with Gasteiger partial charge in [-0.05, 0) is 6.92 Å². The van der Waals surface area contributed by atoms with Crippen LogP contribution in [0.4, 0.5) is 11.8 Å². The zero-order chi connectivity index (χ0) is 10.1. The predicted molar refractivity (Wildman–Crippen MR) is 55.0 cm³/mol. The van der Waals surface area contributed by atoms with Gasteiger partial charge in [0, 0.05) is 13.6 Å². The van der Waals surface area contributed by atoms with E-state index in [0.717, 1.165) is 17.9 Å². The topological polar surface area (TPSA) is 83.7 Å². The first kappa shape index (κ1) is 8.74. The standard InChI is InChI=1S/C8H12N6/c1-3-14(2)7-5-6(11-4-10-5)12-8(9)13-7/h4H,3H2,1-2H3,(H3,9,10,11,12,13). The van der Waals surface area contributed by atoms with Gasteiger partial charge < -0.3 is 15.6 Å². The quantitative estimate of drug-likeness (QED) is 0.719. The normalized spacial score (nSPS) is 10.7. The second kappa shape index (κ2) is 3.13. The fraction of sp³-hybridized carbons (Fsp3) is 0.375. The third-order valence-electron chi connectivity index (χ3n) is 2.12. The number of rotatable bonds is 2. The van der Waals surface area contributed by atoms with Crippen LogP contribution in [-0.4, -0.2) is 33.5 Å². The van der Waals surface area contributed by atoms with E-state index in [4.69, 9.17) is 5.73 Å². The molecule has 2 rings (SSSR count). The summed E-state index contributed by atoms with van der Waals surface area (Å²) in [6.45, 7) is 2.89. The van der Waals surface area contributed by atoms with Crippen LogP contribution in [0.5, 0.6) is 0 Å². The molecule has 0 aliphatic carbocycles. The number of imidazole rings is 1. The van der Waals surface area contributed by atoms with Crippen LogP contribution >= 0.6 is 0 Å². The van der Waals surface area contributed by atoms with E-state index in [-0.39, 0.29) is 5.95 Å². The van der Waals surface area contributed by atoms with Crippen LogP contribution in [0.2, 0.25) is 0 Å². The third kappa shape index (κ3) is 1.24. The molecular formula is C8H12N6. The number of H-pyrrole nitrogens is 1. The lowest BCUT2D eigenvalue weighted by atomic mass is 10.4. The molecule has 74 valence electrons. The lowest BCUT2D eigenvalue weighted by Gasteiger charge is -2.15. The fourth-order valence-electron chi connectivity index (χ4n) is 1.26. The zero-order valence-corrected chi connectivity index (χ0v) is 8.15. The first-order valence-electron chi connectivity index (χ1n) is 4.40. The van der Waals surface area contributed by atoms with Crippen molar-refractivity contribution in [3.8, 4) is 0 Å². The molecule has 0 unspecified atom stereocenters. The van der Waals surface area contributed by atoms with E-state index in [9.17, 15) is 0 Å². The highest BCUT2D eigenvalue weighted by molar-refractivity contribution is 5.83. The number of nitrogens with zero attached hydrogens (tertiary/aromatic N) is 4. The molecular weight excluding hydrogens is 180 g/mol. The highest BCUT2D eigenvalue weighted by Crippen LogP contribution is 2.19. The lowest BCUT2D eigenvalue weighted by Crippen LogP contribution is -2.18. The van der Waals surface area contributed by atoms with Gasteiger partial charge in [0.2, 0.25) is 5.95 Å². The van der Waals surface area contributed by atoms with E-state index < -0.39 is 0 Å². The van der Waals surface area contributed by atoms with Crippen LogP contribution < -0.4 is 10.6 Å². The number of aromatic nitrogens is 4. The van der Waals surface area contributed by atoms with Gasteiger partial charge in [-0.25, -0.2) is 4.98 Å². The molecule has 2 heterocycles. The number of nitrogens with one attached hydrogen (secondary N) is 1. The van der Waals surface area contributed by atoms with Crippen LogP contribution in [0.15, 0.2) is 6.33 Å². The fourth-order valence-corrected chi connectivity index (χ4v) is 1.26. The van der Waals surface area contributed by atoms with E-state index in [1.54, 1.807) is 6.33 Å². The Balaban J connectivity index is 2.66. The van der Waals surface area contributed by atoms with Crippen molar-refractivity contribution in [3.05, 3.63) is 6.33 Å². The summed E-state index contributed by atoms with van der Waals surface area (Å²) in [5.74, 6) is 1.03.